The van der Waals surface area contributed by atoms with Gasteiger partial charge in [0.1, 0.15) is 28.8 Å². The molecule has 0 aromatic carbocycles. The third kappa shape index (κ3) is 2.85. The van der Waals surface area contributed by atoms with Gasteiger partial charge in [-0.2, -0.15) is 0 Å². The molecule has 0 bridgehead atoms. The lowest BCUT2D eigenvalue weighted by atomic mass is 10.2. The summed E-state index contributed by atoms with van der Waals surface area (Å²) in [5.41, 5.74) is 9.13. The van der Waals surface area contributed by atoms with Crippen molar-refractivity contribution in [1.29, 1.82) is 0 Å². The zero-order valence-electron chi connectivity index (χ0n) is 13.8. The van der Waals surface area contributed by atoms with Crippen molar-refractivity contribution in [3.8, 4) is 11.4 Å². The van der Waals surface area contributed by atoms with Crippen LogP contribution in [0.1, 0.15) is 11.5 Å². The number of nitrogen functional groups attached to an aromatic ring is 1. The Morgan fingerprint density at radius 2 is 1.92 bits per heavy atom. The molecule has 4 N–H and O–H groups in total. The minimum Gasteiger partial charge on any atom is -0.383 e. The van der Waals surface area contributed by atoms with Crippen molar-refractivity contribution in [1.82, 2.24) is 29.9 Å². The molecular weight excluding hydrogens is 316 g/mol. The third-order valence-electron chi connectivity index (χ3n) is 3.71. The lowest BCUT2D eigenvalue weighted by molar-refractivity contribution is 1.01. The van der Waals surface area contributed by atoms with Crippen LogP contribution in [-0.2, 0) is 0 Å². The van der Waals surface area contributed by atoms with Crippen molar-refractivity contribution in [3.63, 3.8) is 0 Å². The molecule has 8 heteroatoms. The van der Waals surface area contributed by atoms with E-state index in [0.29, 0.717) is 34.6 Å². The third-order valence-corrected chi connectivity index (χ3v) is 3.71. The minimum atomic E-state index is 0.422. The molecule has 0 aliphatic rings. The van der Waals surface area contributed by atoms with Gasteiger partial charge in [0.05, 0.1) is 11.1 Å². The molecule has 4 rings (SSSR count). The first-order valence-electron chi connectivity index (χ1n) is 7.75. The van der Waals surface area contributed by atoms with Crippen molar-refractivity contribution < 1.29 is 0 Å². The van der Waals surface area contributed by atoms with Crippen LogP contribution in [-0.4, -0.2) is 29.9 Å². The molecule has 4 heterocycles. The first-order valence-corrected chi connectivity index (χ1v) is 7.75. The number of nitrogens with zero attached hydrogens (tertiary/aromatic N) is 5. The second-order valence-electron chi connectivity index (χ2n) is 5.64. The van der Waals surface area contributed by atoms with Gasteiger partial charge in [-0.1, -0.05) is 0 Å². The average molecular weight is 332 g/mol. The second-order valence-corrected chi connectivity index (χ2v) is 5.64. The van der Waals surface area contributed by atoms with E-state index in [2.05, 4.69) is 35.2 Å². The van der Waals surface area contributed by atoms with E-state index in [9.17, 15) is 0 Å². The summed E-state index contributed by atoms with van der Waals surface area (Å²) in [6.07, 6.45) is 3.36. The summed E-state index contributed by atoms with van der Waals surface area (Å²) in [6.45, 7) is 3.77. The van der Waals surface area contributed by atoms with Gasteiger partial charge in [-0.25, -0.2) is 24.9 Å². The molecule has 0 amide bonds. The zero-order valence-corrected chi connectivity index (χ0v) is 13.8. The van der Waals surface area contributed by atoms with E-state index >= 15 is 0 Å². The van der Waals surface area contributed by atoms with E-state index in [1.807, 2.05) is 38.1 Å². The van der Waals surface area contributed by atoms with E-state index in [4.69, 9.17) is 5.73 Å². The van der Waals surface area contributed by atoms with Crippen LogP contribution in [0.25, 0.3) is 22.4 Å². The van der Waals surface area contributed by atoms with Crippen LogP contribution in [0.2, 0.25) is 0 Å². The Morgan fingerprint density at radius 1 is 1.04 bits per heavy atom. The van der Waals surface area contributed by atoms with Gasteiger partial charge in [0.2, 0.25) is 0 Å². The van der Waals surface area contributed by atoms with Crippen LogP contribution >= 0.6 is 0 Å². The maximum Gasteiger partial charge on any atom is 0.159 e. The number of aromatic nitrogens is 6. The number of aryl methyl sites for hydroxylation is 2. The molecule has 4 aromatic rings. The predicted molar refractivity (Wildman–Crippen MR) is 96.3 cm³/mol. The fourth-order valence-electron chi connectivity index (χ4n) is 2.67. The molecule has 0 radical (unpaired) electrons. The topological polar surface area (TPSA) is 118 Å². The molecule has 0 saturated heterocycles. The summed E-state index contributed by atoms with van der Waals surface area (Å²) >= 11 is 0. The number of nitrogens with two attached hydrogens (primary N) is 1. The lowest BCUT2D eigenvalue weighted by Gasteiger charge is -2.06. The maximum atomic E-state index is 5.95. The van der Waals surface area contributed by atoms with Crippen molar-refractivity contribution in [2.45, 2.75) is 13.8 Å². The number of anilines is 3. The fourth-order valence-corrected chi connectivity index (χ4v) is 2.67. The molecule has 0 spiro atoms. The highest BCUT2D eigenvalue weighted by Gasteiger charge is 2.13. The Bertz CT molecular complexity index is 1050. The summed E-state index contributed by atoms with van der Waals surface area (Å²) in [5, 5.41) is 3.22. The number of imidazole rings is 1. The van der Waals surface area contributed by atoms with Crippen molar-refractivity contribution in [2.24, 2.45) is 0 Å². The Labute approximate surface area is 143 Å². The SMILES string of the molecule is Cc1cc(Nc2nccc3[nH]c(-c4cccnc4N)nc23)nc(C)n1. The fraction of sp³-hybridized carbons (Fsp3) is 0.118. The quantitative estimate of drug-likeness (QED) is 0.528. The first-order chi connectivity index (χ1) is 12.1. The van der Waals surface area contributed by atoms with Gasteiger partial charge < -0.3 is 16.0 Å². The normalized spacial score (nSPS) is 11.0. The molecule has 25 heavy (non-hydrogen) atoms. The summed E-state index contributed by atoms with van der Waals surface area (Å²) in [5.74, 6) is 3.05. The number of fused-ring (bicyclic) bond motifs is 1. The standard InChI is InChI=1S/C17H16N8/c1-9-8-13(22-10(2)21-9)24-17-14-12(5-7-20-17)23-16(25-14)11-4-3-6-19-15(11)18/h3-8H,1-2H3,(H2,18,19)(H,23,25)(H,20,21,22,24). The second kappa shape index (κ2) is 5.82. The molecule has 4 aromatic heterocycles. The molecule has 0 fully saturated rings. The summed E-state index contributed by atoms with van der Waals surface area (Å²) < 4.78 is 0. The molecular formula is C17H16N8. The highest BCUT2D eigenvalue weighted by atomic mass is 15.1. The van der Waals surface area contributed by atoms with E-state index in [1.54, 1.807) is 12.4 Å². The Hall–Kier alpha value is -3.55. The molecule has 0 aliphatic heterocycles. The van der Waals surface area contributed by atoms with Gasteiger partial charge >= 0.3 is 0 Å². The smallest absolute Gasteiger partial charge is 0.159 e. The Balaban J connectivity index is 1.79. The van der Waals surface area contributed by atoms with Gasteiger partial charge in [-0.15, -0.1) is 0 Å². The number of nitrogens with one attached hydrogen (secondary N) is 2. The van der Waals surface area contributed by atoms with Gasteiger partial charge in [0.25, 0.3) is 0 Å². The molecule has 0 aliphatic carbocycles. The van der Waals surface area contributed by atoms with Crippen molar-refractivity contribution in [3.05, 3.63) is 48.2 Å². The number of aromatic amines is 1. The lowest BCUT2D eigenvalue weighted by Crippen LogP contribution is -2.00. The molecule has 8 nitrogen and oxygen atoms in total. The van der Waals surface area contributed by atoms with E-state index in [1.165, 1.54) is 0 Å². The van der Waals surface area contributed by atoms with Gasteiger partial charge in [-0.3, -0.25) is 0 Å². The van der Waals surface area contributed by atoms with E-state index in [-0.39, 0.29) is 0 Å². The zero-order chi connectivity index (χ0) is 17.4. The summed E-state index contributed by atoms with van der Waals surface area (Å²) in [4.78, 5) is 25.1. The van der Waals surface area contributed by atoms with Gasteiger partial charge in [-0.05, 0) is 32.0 Å². The molecule has 0 atom stereocenters. The van der Waals surface area contributed by atoms with Crippen LogP contribution in [0.15, 0.2) is 36.7 Å². The summed E-state index contributed by atoms with van der Waals surface area (Å²) in [6, 6.07) is 7.42. The highest BCUT2D eigenvalue weighted by molar-refractivity contribution is 5.90. The van der Waals surface area contributed by atoms with Crippen LogP contribution in [0.4, 0.5) is 17.5 Å². The van der Waals surface area contributed by atoms with Crippen molar-refractivity contribution >= 4 is 28.5 Å². The highest BCUT2D eigenvalue weighted by Crippen LogP contribution is 2.27. The minimum absolute atomic E-state index is 0.422. The van der Waals surface area contributed by atoms with E-state index in [0.717, 1.165) is 16.8 Å². The number of H-pyrrole nitrogens is 1. The van der Waals surface area contributed by atoms with Crippen LogP contribution in [0.5, 0.6) is 0 Å². The molecule has 124 valence electrons. The number of pyridine rings is 2. The van der Waals surface area contributed by atoms with Crippen LogP contribution < -0.4 is 11.1 Å². The number of rotatable bonds is 3. The van der Waals surface area contributed by atoms with Crippen molar-refractivity contribution in [2.75, 3.05) is 11.1 Å². The monoisotopic (exact) mass is 332 g/mol. The largest absolute Gasteiger partial charge is 0.383 e. The van der Waals surface area contributed by atoms with Gasteiger partial charge in [0.15, 0.2) is 5.82 Å². The maximum absolute atomic E-state index is 5.95. The summed E-state index contributed by atoms with van der Waals surface area (Å²) in [7, 11) is 0. The number of hydrogen-bond acceptors (Lipinski definition) is 7. The van der Waals surface area contributed by atoms with Gasteiger partial charge in [0, 0.05) is 24.2 Å². The molecule has 0 saturated carbocycles. The Morgan fingerprint density at radius 3 is 2.72 bits per heavy atom. The molecule has 0 unspecified atom stereocenters. The Kier molecular flexibility index (Phi) is 3.50. The van der Waals surface area contributed by atoms with Crippen LogP contribution in [0, 0.1) is 13.8 Å². The predicted octanol–water partition coefficient (Wildman–Crippen LogP) is 2.75. The van der Waals surface area contributed by atoms with Crippen LogP contribution in [0.3, 0.4) is 0 Å². The average Bonchev–Trinajstić information content (AvgIpc) is 2.99. The first kappa shape index (κ1) is 15.0. The van der Waals surface area contributed by atoms with E-state index < -0.39 is 0 Å². The number of hydrogen-bond donors (Lipinski definition) is 3.